The second-order valence-electron chi connectivity index (χ2n) is 2.10. The Kier molecular flexibility index (Phi) is 1.92. The summed E-state index contributed by atoms with van der Waals surface area (Å²) in [7, 11) is 0. The third-order valence-corrected chi connectivity index (χ3v) is 2.58. The van der Waals surface area contributed by atoms with Crippen molar-refractivity contribution in [1.82, 2.24) is 0 Å². The molecular formula is C6H3BrIN3. The second kappa shape index (κ2) is 2.78. The molecule has 0 saturated heterocycles. The lowest BCUT2D eigenvalue weighted by molar-refractivity contribution is 0.832. The molecule has 0 saturated carbocycles. The molecule has 0 aromatic heterocycles. The van der Waals surface area contributed by atoms with E-state index in [0.29, 0.717) is 0 Å². The molecule has 0 aliphatic carbocycles. The number of fused-ring (bicyclic) bond motifs is 1. The summed E-state index contributed by atoms with van der Waals surface area (Å²) in [6.45, 7) is 0. The number of rotatable bonds is 0. The molecule has 0 aromatic carbocycles. The van der Waals surface area contributed by atoms with E-state index in [2.05, 4.69) is 53.5 Å². The molecule has 0 amide bonds. The number of hydrogen-bond acceptors (Lipinski definition) is 3. The standard InChI is InChI=1S/C6H3BrIN3/c7-4-2-10-6-5(11-4)3(8)1-9-6/h1-2,6H/t6-/m0/s1. The number of halogens is 2. The molecule has 2 aliphatic rings. The second-order valence-corrected chi connectivity index (χ2v) is 4.07. The van der Waals surface area contributed by atoms with Gasteiger partial charge in [-0.05, 0) is 38.5 Å². The van der Waals surface area contributed by atoms with E-state index in [1.807, 2.05) is 0 Å². The van der Waals surface area contributed by atoms with E-state index in [1.54, 1.807) is 12.4 Å². The highest BCUT2D eigenvalue weighted by atomic mass is 127. The normalized spacial score (nSPS) is 27.5. The van der Waals surface area contributed by atoms with Gasteiger partial charge in [0.2, 0.25) is 0 Å². The number of nitrogens with zero attached hydrogens (tertiary/aromatic N) is 3. The van der Waals surface area contributed by atoms with Gasteiger partial charge in [0.05, 0.1) is 9.79 Å². The smallest absolute Gasteiger partial charge is 0.182 e. The van der Waals surface area contributed by atoms with Gasteiger partial charge in [0.25, 0.3) is 0 Å². The topological polar surface area (TPSA) is 37.1 Å². The Labute approximate surface area is 85.7 Å². The molecule has 2 aliphatic heterocycles. The van der Waals surface area contributed by atoms with E-state index >= 15 is 0 Å². The van der Waals surface area contributed by atoms with Crippen molar-refractivity contribution in [2.45, 2.75) is 6.17 Å². The minimum Gasteiger partial charge on any atom is -0.259 e. The maximum Gasteiger partial charge on any atom is 0.182 e. The van der Waals surface area contributed by atoms with Gasteiger partial charge in [-0.3, -0.25) is 9.98 Å². The average Bonchev–Trinajstić information content (AvgIpc) is 2.33. The van der Waals surface area contributed by atoms with Gasteiger partial charge < -0.3 is 0 Å². The monoisotopic (exact) mass is 323 g/mol. The van der Waals surface area contributed by atoms with Crippen molar-refractivity contribution in [2.24, 2.45) is 15.0 Å². The fourth-order valence-corrected chi connectivity index (χ4v) is 1.76. The average molecular weight is 324 g/mol. The van der Waals surface area contributed by atoms with Crippen LogP contribution in [-0.4, -0.2) is 23.2 Å². The highest BCUT2D eigenvalue weighted by Gasteiger charge is 2.21. The molecule has 1 atom stereocenters. The zero-order valence-electron chi connectivity index (χ0n) is 5.33. The van der Waals surface area contributed by atoms with Gasteiger partial charge in [-0.15, -0.1) is 0 Å². The predicted octanol–water partition coefficient (Wildman–Crippen LogP) is 1.92. The molecule has 56 valence electrons. The zero-order valence-corrected chi connectivity index (χ0v) is 9.07. The van der Waals surface area contributed by atoms with E-state index in [9.17, 15) is 0 Å². The summed E-state index contributed by atoms with van der Waals surface area (Å²) in [5, 5.41) is 0. The summed E-state index contributed by atoms with van der Waals surface area (Å²) >= 11 is 5.46. The third-order valence-electron chi connectivity index (χ3n) is 1.37. The lowest BCUT2D eigenvalue weighted by atomic mass is 10.3. The molecule has 0 spiro atoms. The Morgan fingerprint density at radius 1 is 1.36 bits per heavy atom. The SMILES string of the molecule is BrC1=NC2=C(I)C=N[C@H]2N=C1. The van der Waals surface area contributed by atoms with Crippen molar-refractivity contribution in [3.8, 4) is 0 Å². The van der Waals surface area contributed by atoms with Gasteiger partial charge in [0.15, 0.2) is 6.17 Å². The minimum atomic E-state index is -0.0804. The molecule has 0 bridgehead atoms. The lowest BCUT2D eigenvalue weighted by Gasteiger charge is -2.07. The number of hydrogen-bond donors (Lipinski definition) is 0. The van der Waals surface area contributed by atoms with Gasteiger partial charge in [0.1, 0.15) is 10.3 Å². The molecule has 2 heterocycles. The van der Waals surface area contributed by atoms with Gasteiger partial charge >= 0.3 is 0 Å². The lowest BCUT2D eigenvalue weighted by Crippen LogP contribution is -2.08. The Morgan fingerprint density at radius 3 is 2.91 bits per heavy atom. The van der Waals surface area contributed by atoms with Crippen LogP contribution in [0.5, 0.6) is 0 Å². The first kappa shape index (κ1) is 7.60. The Bertz CT molecular complexity index is 316. The Morgan fingerprint density at radius 2 is 2.09 bits per heavy atom. The van der Waals surface area contributed by atoms with Crippen LogP contribution in [0.2, 0.25) is 0 Å². The summed E-state index contributed by atoms with van der Waals surface area (Å²) < 4.78 is 1.84. The van der Waals surface area contributed by atoms with Crippen LogP contribution in [0.25, 0.3) is 0 Å². The van der Waals surface area contributed by atoms with E-state index in [-0.39, 0.29) is 6.17 Å². The highest BCUT2D eigenvalue weighted by Crippen LogP contribution is 2.26. The van der Waals surface area contributed by atoms with E-state index in [0.717, 1.165) is 13.9 Å². The molecule has 2 rings (SSSR count). The molecule has 0 unspecified atom stereocenters. The van der Waals surface area contributed by atoms with Crippen molar-refractivity contribution >= 4 is 55.6 Å². The summed E-state index contributed by atoms with van der Waals surface area (Å²) in [6.07, 6.45) is 3.40. The number of allylic oxidation sites excluding steroid dienone is 1. The van der Waals surface area contributed by atoms with Crippen LogP contribution < -0.4 is 0 Å². The molecule has 0 aromatic rings. The van der Waals surface area contributed by atoms with Crippen LogP contribution in [0.3, 0.4) is 0 Å². The Hall–Kier alpha value is -0.0400. The van der Waals surface area contributed by atoms with Crippen LogP contribution in [0.1, 0.15) is 0 Å². The fraction of sp³-hybridized carbons (Fsp3) is 0.167. The van der Waals surface area contributed by atoms with E-state index in [4.69, 9.17) is 0 Å². The zero-order chi connectivity index (χ0) is 7.84. The molecule has 0 N–H and O–H groups in total. The first-order chi connectivity index (χ1) is 5.27. The van der Waals surface area contributed by atoms with Crippen molar-refractivity contribution < 1.29 is 0 Å². The Balaban J connectivity index is 2.46. The largest absolute Gasteiger partial charge is 0.259 e. The van der Waals surface area contributed by atoms with Gasteiger partial charge in [-0.2, -0.15) is 0 Å². The maximum absolute atomic E-state index is 4.26. The molecule has 11 heavy (non-hydrogen) atoms. The van der Waals surface area contributed by atoms with Crippen molar-refractivity contribution in [3.63, 3.8) is 0 Å². The van der Waals surface area contributed by atoms with Gasteiger partial charge in [-0.25, -0.2) is 4.99 Å². The number of aliphatic imine (C=N–C) groups is 3. The third kappa shape index (κ3) is 1.31. The summed E-state index contributed by atoms with van der Waals surface area (Å²) in [5.74, 6) is 0. The summed E-state index contributed by atoms with van der Waals surface area (Å²) in [5.41, 5.74) is 0.944. The highest BCUT2D eigenvalue weighted by molar-refractivity contribution is 14.1. The minimum absolute atomic E-state index is 0.0804. The fourth-order valence-electron chi connectivity index (χ4n) is 0.892. The van der Waals surface area contributed by atoms with Crippen LogP contribution in [-0.2, 0) is 0 Å². The summed E-state index contributed by atoms with van der Waals surface area (Å²) in [6, 6.07) is 0. The molecule has 3 nitrogen and oxygen atoms in total. The van der Waals surface area contributed by atoms with E-state index < -0.39 is 0 Å². The molecular weight excluding hydrogens is 321 g/mol. The van der Waals surface area contributed by atoms with Crippen molar-refractivity contribution in [2.75, 3.05) is 0 Å². The molecule has 0 fully saturated rings. The van der Waals surface area contributed by atoms with Crippen LogP contribution >= 0.6 is 38.5 Å². The first-order valence-corrected chi connectivity index (χ1v) is 4.85. The first-order valence-electron chi connectivity index (χ1n) is 2.97. The van der Waals surface area contributed by atoms with Gasteiger partial charge in [-0.1, -0.05) is 0 Å². The molecule has 5 heteroatoms. The van der Waals surface area contributed by atoms with Gasteiger partial charge in [0, 0.05) is 6.21 Å². The van der Waals surface area contributed by atoms with Crippen LogP contribution in [0.15, 0.2) is 24.3 Å². The van der Waals surface area contributed by atoms with E-state index in [1.165, 1.54) is 0 Å². The maximum atomic E-state index is 4.26. The predicted molar refractivity (Wildman–Crippen MR) is 58.2 cm³/mol. The van der Waals surface area contributed by atoms with Crippen molar-refractivity contribution in [1.29, 1.82) is 0 Å². The van der Waals surface area contributed by atoms with Crippen LogP contribution in [0.4, 0.5) is 0 Å². The quantitative estimate of drug-likeness (QED) is 0.611. The summed E-state index contributed by atoms with van der Waals surface area (Å²) in [4.78, 5) is 12.6. The van der Waals surface area contributed by atoms with Crippen molar-refractivity contribution in [3.05, 3.63) is 9.28 Å². The molecule has 0 radical (unpaired) electrons. The van der Waals surface area contributed by atoms with Crippen LogP contribution in [0, 0.1) is 0 Å².